The van der Waals surface area contributed by atoms with Gasteiger partial charge >= 0.3 is 0 Å². The maximum atomic E-state index is 13.1. The summed E-state index contributed by atoms with van der Waals surface area (Å²) >= 11 is 0. The fourth-order valence-electron chi connectivity index (χ4n) is 3.75. The molecule has 5 rings (SSSR count). The number of nitrogen functional groups attached to an aromatic ring is 1. The van der Waals surface area contributed by atoms with Crippen LogP contribution in [-0.4, -0.2) is 32.6 Å². The number of nitrogens with one attached hydrogen (secondary N) is 1. The van der Waals surface area contributed by atoms with E-state index in [-0.39, 0.29) is 5.78 Å². The van der Waals surface area contributed by atoms with Gasteiger partial charge in [0.05, 0.1) is 35.6 Å². The number of imidazole rings is 1. The van der Waals surface area contributed by atoms with E-state index in [0.29, 0.717) is 23.4 Å². The van der Waals surface area contributed by atoms with Crippen molar-refractivity contribution < 1.29 is 9.53 Å². The second-order valence-corrected chi connectivity index (χ2v) is 7.12. The molecule has 0 atom stereocenters. The average Bonchev–Trinajstić information content (AvgIpc) is 3.41. The molecule has 0 aliphatic heterocycles. The summed E-state index contributed by atoms with van der Waals surface area (Å²) in [5, 5.41) is 4.36. The van der Waals surface area contributed by atoms with Gasteiger partial charge in [0.2, 0.25) is 0 Å². The first-order chi connectivity index (χ1) is 14.0. The van der Waals surface area contributed by atoms with E-state index in [1.807, 2.05) is 49.4 Å². The van der Waals surface area contributed by atoms with Crippen molar-refractivity contribution in [2.75, 3.05) is 12.8 Å². The third-order valence-electron chi connectivity index (χ3n) is 5.23. The predicted molar refractivity (Wildman–Crippen MR) is 111 cm³/mol. The Hall–Kier alpha value is -3.87. The number of anilines is 1. The molecule has 2 heterocycles. The van der Waals surface area contributed by atoms with Crippen molar-refractivity contribution in [1.29, 1.82) is 0 Å². The highest BCUT2D eigenvalue weighted by Gasteiger charge is 2.24. The Balaban J connectivity index is 1.48. The highest BCUT2D eigenvalue weighted by atomic mass is 16.5. The van der Waals surface area contributed by atoms with Crippen molar-refractivity contribution in [1.82, 2.24) is 19.7 Å². The molecular formula is C22H19N5O2. The number of hydrogen-bond donors (Lipinski definition) is 2. The minimum Gasteiger partial charge on any atom is -0.497 e. The summed E-state index contributed by atoms with van der Waals surface area (Å²) in [5.41, 5.74) is 12.0. The summed E-state index contributed by atoms with van der Waals surface area (Å²) in [6.07, 6.45) is 4.00. The molecule has 2 aromatic carbocycles. The molecule has 0 spiro atoms. The molecule has 0 saturated carbocycles. The van der Waals surface area contributed by atoms with Crippen LogP contribution in [-0.2, 0) is 6.42 Å². The average molecular weight is 385 g/mol. The maximum absolute atomic E-state index is 13.1. The van der Waals surface area contributed by atoms with E-state index in [0.717, 1.165) is 39.4 Å². The number of allylic oxidation sites excluding steroid dienone is 1. The lowest BCUT2D eigenvalue weighted by atomic mass is 10.0. The van der Waals surface area contributed by atoms with E-state index in [1.54, 1.807) is 11.8 Å². The second-order valence-electron chi connectivity index (χ2n) is 7.12. The van der Waals surface area contributed by atoms with Crippen LogP contribution < -0.4 is 10.5 Å². The summed E-state index contributed by atoms with van der Waals surface area (Å²) in [4.78, 5) is 20.7. The maximum Gasteiger partial charge on any atom is 0.194 e. The normalized spacial score (nSPS) is 12.8. The van der Waals surface area contributed by atoms with E-state index < -0.39 is 0 Å². The molecular weight excluding hydrogens is 366 g/mol. The zero-order valence-corrected chi connectivity index (χ0v) is 16.1. The fourth-order valence-corrected chi connectivity index (χ4v) is 3.75. The van der Waals surface area contributed by atoms with Gasteiger partial charge in [0.15, 0.2) is 5.78 Å². The lowest BCUT2D eigenvalue weighted by Gasteiger charge is -2.06. The number of Topliss-reactive ketones (excluding diaryl/α,β-unsaturated/α-hetero) is 1. The zero-order valence-electron chi connectivity index (χ0n) is 16.1. The van der Waals surface area contributed by atoms with E-state index >= 15 is 0 Å². The number of H-pyrrole nitrogens is 1. The number of nitrogens with two attached hydrogens (primary N) is 1. The van der Waals surface area contributed by atoms with Crippen LogP contribution in [0.1, 0.15) is 27.3 Å². The van der Waals surface area contributed by atoms with Gasteiger partial charge in [-0.1, -0.05) is 6.07 Å². The van der Waals surface area contributed by atoms with Crippen molar-refractivity contribution in [3.63, 3.8) is 0 Å². The van der Waals surface area contributed by atoms with Crippen molar-refractivity contribution in [3.8, 4) is 11.4 Å². The number of fused-ring (bicyclic) bond motifs is 2. The third-order valence-corrected chi connectivity index (χ3v) is 5.23. The van der Waals surface area contributed by atoms with Crippen LogP contribution in [0.25, 0.3) is 22.8 Å². The Morgan fingerprint density at radius 3 is 2.93 bits per heavy atom. The topological polar surface area (TPSA) is 98.8 Å². The first-order valence-corrected chi connectivity index (χ1v) is 9.26. The molecule has 29 heavy (non-hydrogen) atoms. The van der Waals surface area contributed by atoms with Crippen molar-refractivity contribution in [2.45, 2.75) is 13.3 Å². The predicted octanol–water partition coefficient (Wildman–Crippen LogP) is 3.47. The summed E-state index contributed by atoms with van der Waals surface area (Å²) in [7, 11) is 1.63. The van der Waals surface area contributed by atoms with Crippen LogP contribution >= 0.6 is 0 Å². The first kappa shape index (κ1) is 17.2. The Morgan fingerprint density at radius 2 is 2.10 bits per heavy atom. The zero-order chi connectivity index (χ0) is 20.1. The quantitative estimate of drug-likeness (QED) is 0.524. The standard InChI is InChI=1S/C22H19N5O2/c1-12-25-19-6-4-16(10-20(19)26-12)27-22(23)18(11-24-27)21(28)15-7-13-3-5-17(29-2)9-14(13)8-15/h3-6,8-11H,7,23H2,1-2H3,(H,25,26). The number of ketones is 1. The number of methoxy groups -OCH3 is 1. The van der Waals surface area contributed by atoms with Crippen molar-refractivity contribution >= 4 is 28.7 Å². The Morgan fingerprint density at radius 1 is 1.24 bits per heavy atom. The van der Waals surface area contributed by atoms with Crippen LogP contribution in [0, 0.1) is 6.92 Å². The van der Waals surface area contributed by atoms with Gasteiger partial charge in [-0.05, 0) is 54.5 Å². The number of carbonyl (C=O) groups is 1. The number of hydrogen-bond acceptors (Lipinski definition) is 5. The first-order valence-electron chi connectivity index (χ1n) is 9.26. The van der Waals surface area contributed by atoms with Gasteiger partial charge < -0.3 is 15.5 Å². The van der Waals surface area contributed by atoms with Crippen LogP contribution in [0.15, 0.2) is 48.2 Å². The van der Waals surface area contributed by atoms with E-state index in [1.165, 1.54) is 6.20 Å². The molecule has 4 aromatic rings. The van der Waals surface area contributed by atoms with Gasteiger partial charge in [0.1, 0.15) is 17.4 Å². The molecule has 0 unspecified atom stereocenters. The molecule has 0 amide bonds. The number of ether oxygens (including phenoxy) is 1. The molecule has 3 N–H and O–H groups in total. The summed E-state index contributed by atoms with van der Waals surface area (Å²) in [6.45, 7) is 1.90. The SMILES string of the molecule is COc1ccc2c(c1)C=C(C(=O)c1cnn(-c3ccc4nc(C)[nH]c4c3)c1N)C2. The molecule has 1 aliphatic rings. The van der Waals surface area contributed by atoms with E-state index in [4.69, 9.17) is 10.5 Å². The largest absolute Gasteiger partial charge is 0.497 e. The highest BCUT2D eigenvalue weighted by Crippen LogP contribution is 2.31. The lowest BCUT2D eigenvalue weighted by Crippen LogP contribution is -2.08. The molecule has 144 valence electrons. The van der Waals surface area contributed by atoms with Gasteiger partial charge in [-0.25, -0.2) is 9.67 Å². The Labute approximate surface area is 166 Å². The number of aryl methyl sites for hydroxylation is 1. The van der Waals surface area contributed by atoms with Gasteiger partial charge in [-0.3, -0.25) is 4.79 Å². The summed E-state index contributed by atoms with van der Waals surface area (Å²) in [5.74, 6) is 1.82. The smallest absolute Gasteiger partial charge is 0.194 e. The summed E-state index contributed by atoms with van der Waals surface area (Å²) < 4.78 is 6.85. The number of nitrogens with zero attached hydrogens (tertiary/aromatic N) is 3. The van der Waals surface area contributed by atoms with Crippen LogP contribution in [0.4, 0.5) is 5.82 Å². The molecule has 2 aromatic heterocycles. The molecule has 0 fully saturated rings. The lowest BCUT2D eigenvalue weighted by molar-refractivity contribution is 0.103. The third kappa shape index (κ3) is 2.79. The Kier molecular flexibility index (Phi) is 3.77. The highest BCUT2D eigenvalue weighted by molar-refractivity contribution is 6.15. The fraction of sp³-hybridized carbons (Fsp3) is 0.136. The van der Waals surface area contributed by atoms with Gasteiger partial charge in [0.25, 0.3) is 0 Å². The number of benzene rings is 2. The van der Waals surface area contributed by atoms with Gasteiger partial charge in [0, 0.05) is 12.0 Å². The molecule has 0 radical (unpaired) electrons. The molecule has 7 nitrogen and oxygen atoms in total. The monoisotopic (exact) mass is 385 g/mol. The number of rotatable bonds is 4. The molecule has 7 heteroatoms. The molecule has 1 aliphatic carbocycles. The van der Waals surface area contributed by atoms with Crippen LogP contribution in [0.2, 0.25) is 0 Å². The number of aromatic nitrogens is 4. The molecule has 0 bridgehead atoms. The molecule has 0 saturated heterocycles. The number of aromatic amines is 1. The van der Waals surface area contributed by atoms with Gasteiger partial charge in [-0.2, -0.15) is 5.10 Å². The summed E-state index contributed by atoms with van der Waals surface area (Å²) in [6, 6.07) is 11.5. The van der Waals surface area contributed by atoms with Crippen molar-refractivity contribution in [2.24, 2.45) is 0 Å². The van der Waals surface area contributed by atoms with Crippen molar-refractivity contribution in [3.05, 3.63) is 70.7 Å². The van der Waals surface area contributed by atoms with Crippen LogP contribution in [0.3, 0.4) is 0 Å². The minimum atomic E-state index is -0.109. The number of carbonyl (C=O) groups excluding carboxylic acids is 1. The van der Waals surface area contributed by atoms with E-state index in [9.17, 15) is 4.79 Å². The second kappa shape index (κ2) is 6.34. The van der Waals surface area contributed by atoms with Crippen LogP contribution in [0.5, 0.6) is 5.75 Å². The van der Waals surface area contributed by atoms with Gasteiger partial charge in [-0.15, -0.1) is 0 Å². The Bertz CT molecular complexity index is 1310. The van der Waals surface area contributed by atoms with E-state index in [2.05, 4.69) is 15.1 Å². The minimum absolute atomic E-state index is 0.109.